The van der Waals surface area contributed by atoms with Gasteiger partial charge in [0.2, 0.25) is 0 Å². The molecule has 2 heteroatoms. The Balaban J connectivity index is 2.16. The zero-order valence-corrected chi connectivity index (χ0v) is 10.0. The molecule has 2 N–H and O–H groups in total. The fraction of sp³-hybridized carbons (Fsp3) is 0.400. The molecule has 2 aromatic rings. The van der Waals surface area contributed by atoms with Crippen molar-refractivity contribution in [1.29, 1.82) is 0 Å². The van der Waals surface area contributed by atoms with E-state index in [1.54, 1.807) is 0 Å². The third-order valence-electron chi connectivity index (χ3n) is 4.19. The lowest BCUT2D eigenvalue weighted by molar-refractivity contribution is 0.231. The van der Waals surface area contributed by atoms with Crippen LogP contribution >= 0.6 is 0 Å². The molecule has 1 aliphatic carbocycles. The summed E-state index contributed by atoms with van der Waals surface area (Å²) in [4.78, 5) is 4.20. The first-order valence-electron chi connectivity index (χ1n) is 6.39. The summed E-state index contributed by atoms with van der Waals surface area (Å²) in [6.45, 7) is 0.779. The van der Waals surface area contributed by atoms with Crippen LogP contribution in [0.2, 0.25) is 0 Å². The maximum Gasteiger partial charge on any atom is 0.0346 e. The van der Waals surface area contributed by atoms with Gasteiger partial charge >= 0.3 is 0 Å². The number of nitrogens with two attached hydrogens (primary N) is 1. The number of fused-ring (bicyclic) bond motifs is 1. The highest BCUT2D eigenvalue weighted by Gasteiger charge is 2.38. The molecule has 0 unspecified atom stereocenters. The summed E-state index contributed by atoms with van der Waals surface area (Å²) in [5, 5.41) is 2.60. The van der Waals surface area contributed by atoms with E-state index in [-0.39, 0.29) is 0 Å². The van der Waals surface area contributed by atoms with Crippen LogP contribution in [0, 0.1) is 0 Å². The van der Waals surface area contributed by atoms with Crippen LogP contribution in [-0.4, -0.2) is 11.5 Å². The van der Waals surface area contributed by atoms with E-state index in [2.05, 4.69) is 29.2 Å². The first-order valence-corrected chi connectivity index (χ1v) is 6.39. The monoisotopic (exact) mass is 226 g/mol. The summed E-state index contributed by atoms with van der Waals surface area (Å²) in [6, 6.07) is 8.70. The zero-order chi connectivity index (χ0) is 11.7. The van der Waals surface area contributed by atoms with Gasteiger partial charge in [0.05, 0.1) is 0 Å². The van der Waals surface area contributed by atoms with E-state index in [0.29, 0.717) is 5.41 Å². The molecule has 88 valence electrons. The van der Waals surface area contributed by atoms with E-state index in [4.69, 9.17) is 5.73 Å². The molecule has 17 heavy (non-hydrogen) atoms. The molecule has 1 aromatic carbocycles. The number of nitrogens with zero attached hydrogens (tertiary/aromatic N) is 1. The zero-order valence-electron chi connectivity index (χ0n) is 10.0. The van der Waals surface area contributed by atoms with Crippen LogP contribution < -0.4 is 5.73 Å². The maximum absolute atomic E-state index is 5.79. The van der Waals surface area contributed by atoms with Crippen molar-refractivity contribution in [3.8, 4) is 0 Å². The molecule has 0 bridgehead atoms. The lowest BCUT2D eigenvalue weighted by atomic mass is 9.62. The third-order valence-corrected chi connectivity index (χ3v) is 4.19. The quantitative estimate of drug-likeness (QED) is 0.873. The minimum Gasteiger partial charge on any atom is -0.330 e. The minimum atomic E-state index is 0.343. The van der Waals surface area contributed by atoms with Crippen LogP contribution in [0.5, 0.6) is 0 Å². The normalized spacial score (nSPS) is 17.9. The van der Waals surface area contributed by atoms with Gasteiger partial charge in [-0.3, -0.25) is 4.98 Å². The molecule has 1 fully saturated rings. The summed E-state index contributed by atoms with van der Waals surface area (Å²) in [5.41, 5.74) is 7.62. The number of benzene rings is 1. The van der Waals surface area contributed by atoms with Crippen LogP contribution in [0.1, 0.15) is 31.2 Å². The molecule has 1 heterocycles. The molecular weight excluding hydrogens is 208 g/mol. The topological polar surface area (TPSA) is 38.9 Å². The van der Waals surface area contributed by atoms with E-state index in [9.17, 15) is 0 Å². The number of aromatic nitrogens is 1. The van der Waals surface area contributed by atoms with Crippen molar-refractivity contribution in [2.45, 2.75) is 31.1 Å². The van der Waals surface area contributed by atoms with Crippen molar-refractivity contribution in [2.24, 2.45) is 5.73 Å². The Morgan fingerprint density at radius 3 is 2.82 bits per heavy atom. The summed E-state index contributed by atoms with van der Waals surface area (Å²) in [6.07, 6.45) is 8.85. The Bertz CT molecular complexity index is 524. The minimum absolute atomic E-state index is 0.343. The molecule has 1 aromatic heterocycles. The van der Waals surface area contributed by atoms with Gasteiger partial charge < -0.3 is 5.73 Å². The predicted octanol–water partition coefficient (Wildman–Crippen LogP) is 3.01. The standard InChI is InChI=1S/C15H18N2/c16-9-8-15(6-2-7-15)14-4-1-3-12-11-17-10-5-13(12)14/h1,3-5,10-11H,2,6-9,16H2. The summed E-state index contributed by atoms with van der Waals surface area (Å²) in [5.74, 6) is 0. The molecule has 1 aliphatic rings. The van der Waals surface area contributed by atoms with Crippen molar-refractivity contribution in [1.82, 2.24) is 4.98 Å². The van der Waals surface area contributed by atoms with E-state index in [1.807, 2.05) is 12.4 Å². The maximum atomic E-state index is 5.79. The molecule has 0 spiro atoms. The number of hydrogen-bond donors (Lipinski definition) is 1. The molecule has 0 saturated heterocycles. The Kier molecular flexibility index (Phi) is 2.60. The van der Waals surface area contributed by atoms with Gasteiger partial charge in [0.1, 0.15) is 0 Å². The molecule has 0 aliphatic heterocycles. The number of pyridine rings is 1. The molecule has 1 saturated carbocycles. The molecule has 3 rings (SSSR count). The highest BCUT2D eigenvalue weighted by atomic mass is 14.6. The molecule has 0 radical (unpaired) electrons. The van der Waals surface area contributed by atoms with Crippen LogP contribution in [0.3, 0.4) is 0 Å². The second kappa shape index (κ2) is 4.11. The van der Waals surface area contributed by atoms with Gasteiger partial charge in [-0.2, -0.15) is 0 Å². The number of rotatable bonds is 3. The smallest absolute Gasteiger partial charge is 0.0346 e. The first kappa shape index (κ1) is 10.7. The van der Waals surface area contributed by atoms with E-state index in [0.717, 1.165) is 13.0 Å². The summed E-state index contributed by atoms with van der Waals surface area (Å²) in [7, 11) is 0. The van der Waals surface area contributed by atoms with Gasteiger partial charge in [0.25, 0.3) is 0 Å². The third kappa shape index (κ3) is 1.64. The Morgan fingerprint density at radius 1 is 1.24 bits per heavy atom. The van der Waals surface area contributed by atoms with Gasteiger partial charge in [-0.05, 0) is 48.2 Å². The Hall–Kier alpha value is -1.41. The van der Waals surface area contributed by atoms with Crippen molar-refractivity contribution >= 4 is 10.8 Å². The Labute approximate surface area is 102 Å². The average molecular weight is 226 g/mol. The average Bonchev–Trinajstić information content (AvgIpc) is 2.33. The van der Waals surface area contributed by atoms with E-state index in [1.165, 1.54) is 35.6 Å². The van der Waals surface area contributed by atoms with Crippen LogP contribution in [0.15, 0.2) is 36.7 Å². The highest BCUT2D eigenvalue weighted by molar-refractivity contribution is 5.86. The largest absolute Gasteiger partial charge is 0.330 e. The van der Waals surface area contributed by atoms with Crippen LogP contribution in [0.4, 0.5) is 0 Å². The highest BCUT2D eigenvalue weighted by Crippen LogP contribution is 2.48. The molecule has 2 nitrogen and oxygen atoms in total. The lowest BCUT2D eigenvalue weighted by Gasteiger charge is -2.43. The summed E-state index contributed by atoms with van der Waals surface area (Å²) < 4.78 is 0. The van der Waals surface area contributed by atoms with Gasteiger partial charge in [-0.25, -0.2) is 0 Å². The molecule has 0 amide bonds. The Morgan fingerprint density at radius 2 is 2.12 bits per heavy atom. The lowest BCUT2D eigenvalue weighted by Crippen LogP contribution is -2.36. The van der Waals surface area contributed by atoms with Gasteiger partial charge in [-0.15, -0.1) is 0 Å². The van der Waals surface area contributed by atoms with Gasteiger partial charge in [-0.1, -0.05) is 24.6 Å². The van der Waals surface area contributed by atoms with Crippen molar-refractivity contribution in [2.75, 3.05) is 6.54 Å². The van der Waals surface area contributed by atoms with Gasteiger partial charge in [0.15, 0.2) is 0 Å². The fourth-order valence-electron chi connectivity index (χ4n) is 3.12. The molecular formula is C15H18N2. The van der Waals surface area contributed by atoms with Gasteiger partial charge in [0, 0.05) is 17.8 Å². The summed E-state index contributed by atoms with van der Waals surface area (Å²) >= 11 is 0. The van der Waals surface area contributed by atoms with E-state index < -0.39 is 0 Å². The predicted molar refractivity (Wildman–Crippen MR) is 70.9 cm³/mol. The van der Waals surface area contributed by atoms with Crippen molar-refractivity contribution < 1.29 is 0 Å². The van der Waals surface area contributed by atoms with Crippen LogP contribution in [-0.2, 0) is 5.41 Å². The van der Waals surface area contributed by atoms with E-state index >= 15 is 0 Å². The fourth-order valence-corrected chi connectivity index (χ4v) is 3.12. The molecule has 0 atom stereocenters. The SMILES string of the molecule is NCCC1(c2cccc3cnccc23)CCC1. The van der Waals surface area contributed by atoms with Crippen LogP contribution in [0.25, 0.3) is 10.8 Å². The second-order valence-corrected chi connectivity index (χ2v) is 5.07. The first-order chi connectivity index (χ1) is 8.36. The van der Waals surface area contributed by atoms with Crippen molar-refractivity contribution in [3.05, 3.63) is 42.2 Å². The second-order valence-electron chi connectivity index (χ2n) is 5.07. The van der Waals surface area contributed by atoms with Crippen molar-refractivity contribution in [3.63, 3.8) is 0 Å². The number of hydrogen-bond acceptors (Lipinski definition) is 2.